The molecule has 9 heteroatoms. The van der Waals surface area contributed by atoms with Crippen molar-refractivity contribution in [1.82, 2.24) is 5.16 Å². The van der Waals surface area contributed by atoms with E-state index in [-0.39, 0.29) is 0 Å². The molecule has 1 N–H and O–H groups in total. The normalized spacial score (nSPS) is 10.8. The SMILES string of the molecule is O=C(O)c1cc(-c2c(F)c(F)c(Cl)c(F)c2F)on1. The number of rotatable bonds is 2. The molecule has 0 spiro atoms. The van der Waals surface area contributed by atoms with Crippen molar-refractivity contribution in [1.29, 1.82) is 0 Å². The number of nitrogens with zero attached hydrogens (tertiary/aromatic N) is 1. The van der Waals surface area contributed by atoms with Gasteiger partial charge in [-0.2, -0.15) is 0 Å². The van der Waals surface area contributed by atoms with Gasteiger partial charge in [-0.3, -0.25) is 0 Å². The number of hydrogen-bond donors (Lipinski definition) is 1. The van der Waals surface area contributed by atoms with Crippen LogP contribution in [0.4, 0.5) is 17.6 Å². The molecule has 0 atom stereocenters. The monoisotopic (exact) mass is 295 g/mol. The molecule has 2 rings (SSSR count). The maximum absolute atomic E-state index is 13.5. The van der Waals surface area contributed by atoms with Crippen LogP contribution in [0.3, 0.4) is 0 Å². The van der Waals surface area contributed by atoms with Crippen LogP contribution in [0.5, 0.6) is 0 Å². The lowest BCUT2D eigenvalue weighted by Crippen LogP contribution is -2.00. The average Bonchev–Trinajstić information content (AvgIpc) is 2.84. The van der Waals surface area contributed by atoms with E-state index >= 15 is 0 Å². The van der Waals surface area contributed by atoms with E-state index in [0.29, 0.717) is 6.07 Å². The predicted octanol–water partition coefficient (Wildman–Crippen LogP) is 3.25. The molecule has 0 aliphatic carbocycles. The summed E-state index contributed by atoms with van der Waals surface area (Å²) in [6, 6.07) is 0.622. The summed E-state index contributed by atoms with van der Waals surface area (Å²) >= 11 is 5.03. The zero-order chi connectivity index (χ0) is 14.3. The van der Waals surface area contributed by atoms with E-state index < -0.39 is 51.3 Å². The Balaban J connectivity index is 2.71. The summed E-state index contributed by atoms with van der Waals surface area (Å²) < 4.78 is 57.7. The van der Waals surface area contributed by atoms with E-state index in [1.54, 1.807) is 0 Å². The third kappa shape index (κ3) is 2.03. The Morgan fingerprint density at radius 3 is 2.11 bits per heavy atom. The highest BCUT2D eigenvalue weighted by atomic mass is 35.5. The summed E-state index contributed by atoms with van der Waals surface area (Å²) in [6.45, 7) is 0. The molecule has 0 amide bonds. The van der Waals surface area contributed by atoms with Crippen LogP contribution in [-0.2, 0) is 0 Å². The summed E-state index contributed by atoms with van der Waals surface area (Å²) in [4.78, 5) is 10.5. The van der Waals surface area contributed by atoms with E-state index in [1.807, 2.05) is 0 Å². The third-order valence-corrected chi connectivity index (χ3v) is 2.52. The van der Waals surface area contributed by atoms with Crippen LogP contribution < -0.4 is 0 Å². The summed E-state index contributed by atoms with van der Waals surface area (Å²) in [5.41, 5.74) is -1.90. The number of aromatic nitrogens is 1. The number of carboxylic acid groups (broad SMARTS) is 1. The molecule has 1 aromatic heterocycles. The Kier molecular flexibility index (Phi) is 3.19. The molecule has 100 valence electrons. The Morgan fingerprint density at radius 2 is 1.68 bits per heavy atom. The molecule has 0 aliphatic rings. The Hall–Kier alpha value is -2.09. The molecule has 0 saturated carbocycles. The molecule has 0 aliphatic heterocycles. The first-order valence-electron chi connectivity index (χ1n) is 4.56. The summed E-state index contributed by atoms with van der Waals surface area (Å²) in [7, 11) is 0. The van der Waals surface area contributed by atoms with Gasteiger partial charge in [0.1, 0.15) is 5.02 Å². The van der Waals surface area contributed by atoms with E-state index in [2.05, 4.69) is 9.68 Å². The first-order chi connectivity index (χ1) is 8.84. The minimum atomic E-state index is -1.82. The first-order valence-corrected chi connectivity index (χ1v) is 4.94. The molecule has 2 aromatic rings. The van der Waals surface area contributed by atoms with E-state index in [9.17, 15) is 22.4 Å². The lowest BCUT2D eigenvalue weighted by atomic mass is 10.1. The fraction of sp³-hybridized carbons (Fsp3) is 0. The molecule has 0 fully saturated rings. The van der Waals surface area contributed by atoms with Crippen LogP contribution in [0.25, 0.3) is 11.3 Å². The largest absolute Gasteiger partial charge is 0.476 e. The van der Waals surface area contributed by atoms with E-state index in [1.165, 1.54) is 0 Å². The number of carboxylic acids is 1. The van der Waals surface area contributed by atoms with Gasteiger partial charge in [0.05, 0.1) is 5.56 Å². The summed E-state index contributed by atoms with van der Waals surface area (Å²) in [5, 5.41) is 10.2. The molecule has 1 heterocycles. The average molecular weight is 296 g/mol. The van der Waals surface area contributed by atoms with Crippen molar-refractivity contribution in [2.24, 2.45) is 0 Å². The van der Waals surface area contributed by atoms with Crippen LogP contribution in [0.15, 0.2) is 10.6 Å². The fourth-order valence-electron chi connectivity index (χ4n) is 1.32. The highest BCUT2D eigenvalue weighted by Crippen LogP contribution is 2.34. The molecule has 0 saturated heterocycles. The quantitative estimate of drug-likeness (QED) is 0.525. The standard InChI is InChI=1S/C10H2ClF4NO3/c11-5-8(14)6(12)4(7(13)9(5)15)3-1-2(10(17)18)16-19-3/h1H,(H,17,18). The van der Waals surface area contributed by atoms with Crippen LogP contribution in [0.2, 0.25) is 5.02 Å². The maximum atomic E-state index is 13.5. The van der Waals surface area contributed by atoms with Gasteiger partial charge in [-0.1, -0.05) is 16.8 Å². The molecule has 19 heavy (non-hydrogen) atoms. The minimum absolute atomic E-state index is 0.622. The van der Waals surface area contributed by atoms with Gasteiger partial charge < -0.3 is 9.63 Å². The first kappa shape index (κ1) is 13.3. The zero-order valence-electron chi connectivity index (χ0n) is 8.68. The number of aromatic carboxylic acids is 1. The van der Waals surface area contributed by atoms with Crippen molar-refractivity contribution < 1.29 is 32.0 Å². The van der Waals surface area contributed by atoms with Crippen molar-refractivity contribution in [3.63, 3.8) is 0 Å². The lowest BCUT2D eigenvalue weighted by molar-refractivity contribution is 0.0686. The van der Waals surface area contributed by atoms with Gasteiger partial charge >= 0.3 is 5.97 Å². The van der Waals surface area contributed by atoms with Gasteiger partial charge in [-0.05, 0) is 0 Å². The van der Waals surface area contributed by atoms with Crippen molar-refractivity contribution in [2.75, 3.05) is 0 Å². The zero-order valence-corrected chi connectivity index (χ0v) is 9.43. The summed E-state index contributed by atoms with van der Waals surface area (Å²) in [5.74, 6) is -9.56. The van der Waals surface area contributed by atoms with Gasteiger partial charge in [0.2, 0.25) is 0 Å². The smallest absolute Gasteiger partial charge is 0.358 e. The van der Waals surface area contributed by atoms with Crippen molar-refractivity contribution >= 4 is 17.6 Å². The lowest BCUT2D eigenvalue weighted by Gasteiger charge is -2.05. The van der Waals surface area contributed by atoms with Gasteiger partial charge in [-0.15, -0.1) is 0 Å². The highest BCUT2D eigenvalue weighted by Gasteiger charge is 2.28. The van der Waals surface area contributed by atoms with E-state index in [0.717, 1.165) is 0 Å². The Morgan fingerprint density at radius 1 is 1.16 bits per heavy atom. The minimum Gasteiger partial charge on any atom is -0.476 e. The van der Waals surface area contributed by atoms with Crippen molar-refractivity contribution in [3.05, 3.63) is 40.1 Å². The van der Waals surface area contributed by atoms with Gasteiger partial charge in [-0.25, -0.2) is 22.4 Å². The molecular formula is C10H2ClF4NO3. The predicted molar refractivity (Wildman–Crippen MR) is 53.7 cm³/mol. The maximum Gasteiger partial charge on any atom is 0.358 e. The Bertz CT molecular complexity index is 657. The topological polar surface area (TPSA) is 63.3 Å². The molecule has 0 unspecified atom stereocenters. The van der Waals surface area contributed by atoms with Crippen LogP contribution in [0, 0.1) is 23.3 Å². The second-order valence-corrected chi connectivity index (χ2v) is 3.70. The van der Waals surface area contributed by atoms with Crippen LogP contribution in [-0.4, -0.2) is 16.2 Å². The summed E-state index contributed by atoms with van der Waals surface area (Å²) in [6.07, 6.45) is 0. The number of halogens is 5. The van der Waals surface area contributed by atoms with Gasteiger partial charge in [0.25, 0.3) is 0 Å². The molecule has 0 bridgehead atoms. The molecule has 0 radical (unpaired) electrons. The van der Waals surface area contributed by atoms with Crippen molar-refractivity contribution in [3.8, 4) is 11.3 Å². The molecular weight excluding hydrogens is 294 g/mol. The number of benzene rings is 1. The second kappa shape index (κ2) is 4.54. The Labute approximate surface area is 107 Å². The van der Waals surface area contributed by atoms with Gasteiger partial charge in [0.15, 0.2) is 34.7 Å². The fourth-order valence-corrected chi connectivity index (χ4v) is 1.48. The van der Waals surface area contributed by atoms with Gasteiger partial charge in [0, 0.05) is 6.07 Å². The van der Waals surface area contributed by atoms with Crippen LogP contribution in [0.1, 0.15) is 10.5 Å². The highest BCUT2D eigenvalue weighted by molar-refractivity contribution is 6.31. The van der Waals surface area contributed by atoms with Crippen molar-refractivity contribution in [2.45, 2.75) is 0 Å². The van der Waals surface area contributed by atoms with E-state index in [4.69, 9.17) is 16.7 Å². The molecule has 4 nitrogen and oxygen atoms in total. The third-order valence-electron chi connectivity index (χ3n) is 2.19. The number of carbonyl (C=O) groups is 1. The van der Waals surface area contributed by atoms with Crippen LogP contribution >= 0.6 is 11.6 Å². The number of hydrogen-bond acceptors (Lipinski definition) is 3. The molecule has 1 aromatic carbocycles. The second-order valence-electron chi connectivity index (χ2n) is 3.33.